The van der Waals surface area contributed by atoms with Crippen molar-refractivity contribution in [2.45, 2.75) is 13.8 Å². The van der Waals surface area contributed by atoms with E-state index in [9.17, 15) is 0 Å². The van der Waals surface area contributed by atoms with Gasteiger partial charge in [0.05, 0.1) is 0 Å². The standard InChI is InChI=1S/C13H17N2/c1-10(2)12-9-14-15(3)13(12)11-7-5-4-6-8-11/h4-8,10H,9H2,1-3H3/q+1. The van der Waals surface area contributed by atoms with Crippen LogP contribution in [0.5, 0.6) is 0 Å². The molecule has 2 heteroatoms. The Morgan fingerprint density at radius 2 is 1.87 bits per heavy atom. The van der Waals surface area contributed by atoms with Gasteiger partial charge in [-0.2, -0.15) is 0 Å². The highest BCUT2D eigenvalue weighted by Crippen LogP contribution is 2.28. The van der Waals surface area contributed by atoms with Crippen molar-refractivity contribution >= 4 is 5.70 Å². The van der Waals surface area contributed by atoms with Crippen LogP contribution in [0, 0.1) is 5.92 Å². The summed E-state index contributed by atoms with van der Waals surface area (Å²) in [7, 11) is 2.03. The molecule has 0 fully saturated rings. The monoisotopic (exact) mass is 201 g/mol. The molecule has 0 atom stereocenters. The summed E-state index contributed by atoms with van der Waals surface area (Å²) in [6.07, 6.45) is 0. The lowest BCUT2D eigenvalue weighted by Crippen LogP contribution is -2.02. The number of hydrogen-bond acceptors (Lipinski definition) is 1. The van der Waals surface area contributed by atoms with Gasteiger partial charge in [-0.15, -0.1) is 0 Å². The van der Waals surface area contributed by atoms with Crippen LogP contribution in [0.2, 0.25) is 0 Å². The fraction of sp³-hybridized carbons (Fsp3) is 0.385. The third kappa shape index (κ3) is 1.84. The van der Waals surface area contributed by atoms with Gasteiger partial charge < -0.3 is 0 Å². The minimum absolute atomic E-state index is 0.564. The van der Waals surface area contributed by atoms with Crippen LogP contribution in [-0.2, 0) is 0 Å². The van der Waals surface area contributed by atoms with Crippen molar-refractivity contribution in [2.75, 3.05) is 13.6 Å². The number of benzene rings is 1. The smallest absolute Gasteiger partial charge is 0.0908 e. The molecule has 78 valence electrons. The molecule has 1 aliphatic heterocycles. The summed E-state index contributed by atoms with van der Waals surface area (Å²) in [5.41, 5.74) is 3.99. The van der Waals surface area contributed by atoms with Gasteiger partial charge in [-0.3, -0.25) is 0 Å². The summed E-state index contributed by atoms with van der Waals surface area (Å²) < 4.78 is 2.00. The fourth-order valence-corrected chi connectivity index (χ4v) is 1.96. The number of azo groups is 2. The average Bonchev–Trinajstić information content (AvgIpc) is 2.61. The average molecular weight is 201 g/mol. The van der Waals surface area contributed by atoms with Crippen LogP contribution in [-0.4, -0.2) is 18.3 Å². The first kappa shape index (κ1) is 10.1. The molecule has 0 aromatic heterocycles. The van der Waals surface area contributed by atoms with Crippen LogP contribution < -0.4 is 0 Å². The van der Waals surface area contributed by atoms with Crippen molar-refractivity contribution in [3.05, 3.63) is 41.5 Å². The first-order chi connectivity index (χ1) is 7.20. The Bertz CT molecular complexity index is 413. The Morgan fingerprint density at radius 3 is 2.47 bits per heavy atom. The molecule has 0 radical (unpaired) electrons. The maximum absolute atomic E-state index is 4.46. The van der Waals surface area contributed by atoms with Gasteiger partial charge in [0, 0.05) is 11.1 Å². The third-order valence-corrected chi connectivity index (χ3v) is 2.83. The van der Waals surface area contributed by atoms with E-state index in [4.69, 9.17) is 0 Å². The Balaban J connectivity index is 2.49. The lowest BCUT2D eigenvalue weighted by molar-refractivity contribution is -0.467. The number of hydrogen-bond donors (Lipinski definition) is 0. The second-order valence-corrected chi connectivity index (χ2v) is 4.22. The Hall–Kier alpha value is -1.44. The van der Waals surface area contributed by atoms with Crippen molar-refractivity contribution in [1.82, 2.24) is 0 Å². The molecule has 1 aliphatic rings. The second-order valence-electron chi connectivity index (χ2n) is 4.22. The molecule has 1 aromatic carbocycles. The molecule has 2 rings (SSSR count). The number of nitrogens with zero attached hydrogens (tertiary/aromatic N) is 2. The van der Waals surface area contributed by atoms with Gasteiger partial charge in [0.2, 0.25) is 5.70 Å². The summed E-state index contributed by atoms with van der Waals surface area (Å²) in [6, 6.07) is 10.5. The largest absolute Gasteiger partial charge is 0.239 e. The van der Waals surface area contributed by atoms with E-state index in [1.807, 2.05) is 17.8 Å². The highest BCUT2D eigenvalue weighted by molar-refractivity contribution is 5.63. The maximum Gasteiger partial charge on any atom is 0.239 e. The van der Waals surface area contributed by atoms with Crippen LogP contribution in [0.3, 0.4) is 0 Å². The lowest BCUT2D eigenvalue weighted by Gasteiger charge is -2.04. The Labute approximate surface area is 90.9 Å². The van der Waals surface area contributed by atoms with Gasteiger partial charge in [-0.25, -0.2) is 0 Å². The zero-order valence-corrected chi connectivity index (χ0v) is 9.57. The third-order valence-electron chi connectivity index (χ3n) is 2.83. The topological polar surface area (TPSA) is 15.4 Å². The zero-order valence-electron chi connectivity index (χ0n) is 9.57. The second kappa shape index (κ2) is 3.97. The normalized spacial score (nSPS) is 16.1. The van der Waals surface area contributed by atoms with Gasteiger partial charge >= 0.3 is 0 Å². The van der Waals surface area contributed by atoms with Crippen LogP contribution in [0.15, 0.2) is 41.0 Å². The van der Waals surface area contributed by atoms with E-state index in [2.05, 4.69) is 43.2 Å². The molecular weight excluding hydrogens is 184 g/mol. The first-order valence-electron chi connectivity index (χ1n) is 5.39. The molecule has 0 bridgehead atoms. The van der Waals surface area contributed by atoms with Crippen molar-refractivity contribution in [3.8, 4) is 0 Å². The Morgan fingerprint density at radius 1 is 1.20 bits per heavy atom. The summed E-state index contributed by atoms with van der Waals surface area (Å²) in [5.74, 6) is 0.564. The summed E-state index contributed by atoms with van der Waals surface area (Å²) in [6.45, 7) is 5.30. The lowest BCUT2D eigenvalue weighted by atomic mass is 9.98. The first-order valence-corrected chi connectivity index (χ1v) is 5.39. The van der Waals surface area contributed by atoms with Crippen LogP contribution in [0.25, 0.3) is 5.70 Å². The van der Waals surface area contributed by atoms with Crippen molar-refractivity contribution in [1.29, 1.82) is 0 Å². The number of rotatable bonds is 2. The molecular formula is C13H17N2+. The molecule has 0 saturated heterocycles. The van der Waals surface area contributed by atoms with E-state index >= 15 is 0 Å². The Kier molecular flexibility index (Phi) is 2.67. The van der Waals surface area contributed by atoms with E-state index in [0.29, 0.717) is 5.92 Å². The van der Waals surface area contributed by atoms with E-state index in [1.54, 1.807) is 0 Å². The van der Waals surface area contributed by atoms with Crippen molar-refractivity contribution in [3.63, 3.8) is 0 Å². The molecule has 0 unspecified atom stereocenters. The molecule has 15 heavy (non-hydrogen) atoms. The molecule has 0 aliphatic carbocycles. The molecule has 0 amide bonds. The van der Waals surface area contributed by atoms with Gasteiger partial charge in [0.25, 0.3) is 0 Å². The molecule has 1 aromatic rings. The predicted octanol–water partition coefficient (Wildman–Crippen LogP) is 3.16. The van der Waals surface area contributed by atoms with Crippen LogP contribution in [0.4, 0.5) is 0 Å². The van der Waals surface area contributed by atoms with Gasteiger partial charge in [0.15, 0.2) is 7.05 Å². The predicted molar refractivity (Wildman–Crippen MR) is 61.7 cm³/mol. The highest BCUT2D eigenvalue weighted by atomic mass is 15.3. The van der Waals surface area contributed by atoms with E-state index in [0.717, 1.165) is 6.54 Å². The zero-order chi connectivity index (χ0) is 10.8. The summed E-state index contributed by atoms with van der Waals surface area (Å²) in [4.78, 5) is 0. The summed E-state index contributed by atoms with van der Waals surface area (Å²) in [5, 5.41) is 4.46. The van der Waals surface area contributed by atoms with Crippen molar-refractivity contribution in [2.24, 2.45) is 11.0 Å². The summed E-state index contributed by atoms with van der Waals surface area (Å²) >= 11 is 0. The molecule has 0 saturated carbocycles. The molecule has 1 heterocycles. The fourth-order valence-electron chi connectivity index (χ4n) is 1.96. The minimum atomic E-state index is 0.564. The van der Waals surface area contributed by atoms with E-state index in [1.165, 1.54) is 16.8 Å². The minimum Gasteiger partial charge on any atom is -0.0908 e. The van der Waals surface area contributed by atoms with Gasteiger partial charge in [0.1, 0.15) is 6.54 Å². The molecule has 2 nitrogen and oxygen atoms in total. The molecule has 0 N–H and O–H groups in total. The highest BCUT2D eigenvalue weighted by Gasteiger charge is 2.27. The van der Waals surface area contributed by atoms with Crippen molar-refractivity contribution < 1.29 is 4.70 Å². The van der Waals surface area contributed by atoms with E-state index in [-0.39, 0.29) is 0 Å². The van der Waals surface area contributed by atoms with Crippen LogP contribution in [0.1, 0.15) is 19.4 Å². The van der Waals surface area contributed by atoms with Gasteiger partial charge in [-0.1, -0.05) is 36.7 Å². The van der Waals surface area contributed by atoms with Crippen LogP contribution >= 0.6 is 0 Å². The quantitative estimate of drug-likeness (QED) is 0.653. The van der Waals surface area contributed by atoms with Gasteiger partial charge in [-0.05, 0) is 23.2 Å². The maximum atomic E-state index is 4.46. The molecule has 0 spiro atoms. The SMILES string of the molecule is CC(C)C1=C(c2ccccc2)[N+](C)=NC1. The van der Waals surface area contributed by atoms with E-state index < -0.39 is 0 Å².